The van der Waals surface area contributed by atoms with Gasteiger partial charge >= 0.3 is 0 Å². The summed E-state index contributed by atoms with van der Waals surface area (Å²) in [6.45, 7) is 4.43. The van der Waals surface area contributed by atoms with Gasteiger partial charge in [0.1, 0.15) is 0 Å². The van der Waals surface area contributed by atoms with E-state index in [1.807, 2.05) is 0 Å². The first kappa shape index (κ1) is 14.8. The van der Waals surface area contributed by atoms with Crippen LogP contribution >= 0.6 is 0 Å². The molecule has 0 radical (unpaired) electrons. The molecule has 0 aromatic heterocycles. The third kappa shape index (κ3) is 6.10. The second kappa shape index (κ2) is 9.09. The molecule has 0 rings (SSSR count). The van der Waals surface area contributed by atoms with Crippen LogP contribution in [0.1, 0.15) is 26.2 Å². The van der Waals surface area contributed by atoms with E-state index in [-0.39, 0.29) is 13.2 Å². The maximum absolute atomic E-state index is 8.84. The molecule has 0 bridgehead atoms. The van der Waals surface area contributed by atoms with Gasteiger partial charge in [-0.1, -0.05) is 6.92 Å². The third-order valence-electron chi connectivity index (χ3n) is 2.59. The zero-order chi connectivity index (χ0) is 11.7. The maximum Gasteiger partial charge on any atom is 0.0614 e. The molecule has 92 valence electrons. The van der Waals surface area contributed by atoms with Crippen LogP contribution in [0.5, 0.6) is 0 Å². The number of nitrogens with zero attached hydrogens (tertiary/aromatic N) is 2. The van der Waals surface area contributed by atoms with Gasteiger partial charge in [-0.25, -0.2) is 0 Å². The van der Waals surface area contributed by atoms with Crippen molar-refractivity contribution in [3.8, 4) is 0 Å². The van der Waals surface area contributed by atoms with Crippen LogP contribution in [-0.4, -0.2) is 66.6 Å². The van der Waals surface area contributed by atoms with Gasteiger partial charge in [-0.15, -0.1) is 0 Å². The monoisotopic (exact) mass is 218 g/mol. The molecule has 4 heteroatoms. The zero-order valence-corrected chi connectivity index (χ0v) is 10.3. The summed E-state index contributed by atoms with van der Waals surface area (Å²) < 4.78 is 0. The summed E-state index contributed by atoms with van der Waals surface area (Å²) >= 11 is 0. The van der Waals surface area contributed by atoms with Gasteiger partial charge < -0.3 is 10.2 Å². The van der Waals surface area contributed by atoms with Gasteiger partial charge in [0.2, 0.25) is 0 Å². The highest BCUT2D eigenvalue weighted by atomic mass is 16.3. The van der Waals surface area contributed by atoms with Crippen molar-refractivity contribution < 1.29 is 10.2 Å². The molecule has 15 heavy (non-hydrogen) atoms. The highest BCUT2D eigenvalue weighted by Gasteiger charge is 2.17. The van der Waals surface area contributed by atoms with E-state index in [1.54, 1.807) is 0 Å². The summed E-state index contributed by atoms with van der Waals surface area (Å²) in [6, 6.07) is 0. The smallest absolute Gasteiger partial charge is 0.0614 e. The molecule has 0 saturated carbocycles. The van der Waals surface area contributed by atoms with Crippen molar-refractivity contribution in [1.29, 1.82) is 0 Å². The topological polar surface area (TPSA) is 46.9 Å². The first-order valence-electron chi connectivity index (χ1n) is 5.79. The Balaban J connectivity index is 4.15. The Morgan fingerprint density at radius 3 is 1.73 bits per heavy atom. The minimum atomic E-state index is 0.236. The molecular formula is C11H26N2O2. The first-order chi connectivity index (χ1) is 7.17. The van der Waals surface area contributed by atoms with Crippen LogP contribution in [0, 0.1) is 0 Å². The molecule has 0 amide bonds. The predicted molar refractivity (Wildman–Crippen MR) is 62.7 cm³/mol. The van der Waals surface area contributed by atoms with Crippen LogP contribution < -0.4 is 0 Å². The van der Waals surface area contributed by atoms with Crippen LogP contribution in [-0.2, 0) is 0 Å². The lowest BCUT2D eigenvalue weighted by Crippen LogP contribution is -2.45. The SMILES string of the molecule is CCC(N(C)C)N(CCCO)CCCO. The highest BCUT2D eigenvalue weighted by Crippen LogP contribution is 2.08. The summed E-state index contributed by atoms with van der Waals surface area (Å²) in [4.78, 5) is 4.52. The van der Waals surface area contributed by atoms with E-state index in [1.165, 1.54) is 0 Å². The first-order valence-corrected chi connectivity index (χ1v) is 5.79. The Morgan fingerprint density at radius 1 is 1.00 bits per heavy atom. The Morgan fingerprint density at radius 2 is 1.47 bits per heavy atom. The molecule has 0 aromatic rings. The quantitative estimate of drug-likeness (QED) is 0.548. The summed E-state index contributed by atoms with van der Waals surface area (Å²) in [5.41, 5.74) is 0. The van der Waals surface area contributed by atoms with Crippen molar-refractivity contribution in [1.82, 2.24) is 9.80 Å². The molecule has 0 aliphatic heterocycles. The van der Waals surface area contributed by atoms with Crippen molar-refractivity contribution >= 4 is 0 Å². The molecule has 2 N–H and O–H groups in total. The number of hydrogen-bond donors (Lipinski definition) is 2. The van der Waals surface area contributed by atoms with Gasteiger partial charge in [-0.3, -0.25) is 9.80 Å². The molecule has 0 spiro atoms. The largest absolute Gasteiger partial charge is 0.396 e. The van der Waals surface area contributed by atoms with Gasteiger partial charge in [0, 0.05) is 26.3 Å². The lowest BCUT2D eigenvalue weighted by Gasteiger charge is -2.35. The number of hydrogen-bond acceptors (Lipinski definition) is 4. The fraction of sp³-hybridized carbons (Fsp3) is 1.00. The minimum Gasteiger partial charge on any atom is -0.396 e. The van der Waals surface area contributed by atoms with Crippen LogP contribution in [0.15, 0.2) is 0 Å². The van der Waals surface area contributed by atoms with Crippen molar-refractivity contribution in [2.45, 2.75) is 32.4 Å². The Kier molecular flexibility index (Phi) is 9.00. The predicted octanol–water partition coefficient (Wildman–Crippen LogP) is 0.351. The van der Waals surface area contributed by atoms with E-state index in [2.05, 4.69) is 30.8 Å². The van der Waals surface area contributed by atoms with E-state index in [4.69, 9.17) is 10.2 Å². The molecule has 1 unspecified atom stereocenters. The fourth-order valence-corrected chi connectivity index (χ4v) is 1.91. The van der Waals surface area contributed by atoms with Crippen LogP contribution in [0.25, 0.3) is 0 Å². The molecule has 0 fully saturated rings. The summed E-state index contributed by atoms with van der Waals surface area (Å²) in [6.07, 6.45) is 3.07. The lowest BCUT2D eigenvalue weighted by molar-refractivity contribution is 0.0636. The van der Waals surface area contributed by atoms with E-state index < -0.39 is 0 Å². The fourth-order valence-electron chi connectivity index (χ4n) is 1.91. The van der Waals surface area contributed by atoms with Crippen molar-refractivity contribution in [3.63, 3.8) is 0 Å². The zero-order valence-electron chi connectivity index (χ0n) is 10.3. The maximum atomic E-state index is 8.84. The van der Waals surface area contributed by atoms with Gasteiger partial charge in [0.05, 0.1) is 6.17 Å². The minimum absolute atomic E-state index is 0.236. The van der Waals surface area contributed by atoms with E-state index in [0.29, 0.717) is 6.17 Å². The molecule has 0 saturated heterocycles. The molecule has 0 aliphatic rings. The van der Waals surface area contributed by atoms with Crippen molar-refractivity contribution in [2.24, 2.45) is 0 Å². The Labute approximate surface area is 93.5 Å². The average molecular weight is 218 g/mol. The Bertz CT molecular complexity index is 135. The van der Waals surface area contributed by atoms with Crippen LogP contribution in [0.4, 0.5) is 0 Å². The van der Waals surface area contributed by atoms with E-state index in [0.717, 1.165) is 32.4 Å². The molecule has 4 nitrogen and oxygen atoms in total. The lowest BCUT2D eigenvalue weighted by atomic mass is 10.2. The summed E-state index contributed by atoms with van der Waals surface area (Å²) in [7, 11) is 4.14. The molecule has 0 aromatic carbocycles. The van der Waals surface area contributed by atoms with Gasteiger partial charge in [-0.2, -0.15) is 0 Å². The van der Waals surface area contributed by atoms with Crippen LogP contribution in [0.3, 0.4) is 0 Å². The standard InChI is InChI=1S/C11H26N2O2/c1-4-11(12(2)3)13(7-5-9-14)8-6-10-15/h11,14-15H,4-10H2,1-3H3. The molecule has 0 heterocycles. The number of aliphatic hydroxyl groups is 2. The van der Waals surface area contributed by atoms with Gasteiger partial charge in [-0.05, 0) is 33.4 Å². The number of rotatable bonds is 9. The van der Waals surface area contributed by atoms with Crippen LogP contribution in [0.2, 0.25) is 0 Å². The summed E-state index contributed by atoms with van der Waals surface area (Å²) in [5.74, 6) is 0. The average Bonchev–Trinajstić information content (AvgIpc) is 2.21. The highest BCUT2D eigenvalue weighted by molar-refractivity contribution is 4.68. The molecular weight excluding hydrogens is 192 g/mol. The summed E-state index contributed by atoms with van der Waals surface area (Å²) in [5, 5.41) is 17.7. The normalized spacial score (nSPS) is 13.8. The second-order valence-electron chi connectivity index (χ2n) is 4.04. The van der Waals surface area contributed by atoms with E-state index in [9.17, 15) is 0 Å². The molecule has 1 atom stereocenters. The third-order valence-corrected chi connectivity index (χ3v) is 2.59. The number of aliphatic hydroxyl groups excluding tert-OH is 2. The van der Waals surface area contributed by atoms with Crippen molar-refractivity contribution in [2.75, 3.05) is 40.4 Å². The van der Waals surface area contributed by atoms with Gasteiger partial charge in [0.25, 0.3) is 0 Å². The van der Waals surface area contributed by atoms with E-state index >= 15 is 0 Å². The van der Waals surface area contributed by atoms with Crippen molar-refractivity contribution in [3.05, 3.63) is 0 Å². The second-order valence-corrected chi connectivity index (χ2v) is 4.04. The molecule has 0 aliphatic carbocycles. The Hall–Kier alpha value is -0.160. The van der Waals surface area contributed by atoms with Gasteiger partial charge in [0.15, 0.2) is 0 Å².